The summed E-state index contributed by atoms with van der Waals surface area (Å²) in [5.74, 6) is 0. The van der Waals surface area contributed by atoms with Crippen molar-refractivity contribution in [3.63, 3.8) is 0 Å². The van der Waals surface area contributed by atoms with Gasteiger partial charge in [0.05, 0.1) is 34.0 Å². The van der Waals surface area contributed by atoms with Gasteiger partial charge in [-0.1, -0.05) is 164 Å². The van der Waals surface area contributed by atoms with E-state index in [1.165, 1.54) is 76.9 Å². The number of nitrogens with zero attached hydrogens (tertiary/aromatic N) is 3. The molecule has 0 aliphatic rings. The molecule has 12 aromatic rings. The lowest BCUT2D eigenvalue weighted by atomic mass is 9.95. The minimum atomic E-state index is 0.868. The van der Waals surface area contributed by atoms with Crippen molar-refractivity contribution < 1.29 is 0 Å². The molecule has 0 saturated heterocycles. The summed E-state index contributed by atoms with van der Waals surface area (Å²) in [5, 5.41) is 9.60. The molecule has 0 N–H and O–H groups in total. The molecule has 274 valence electrons. The first-order valence-electron chi connectivity index (χ1n) is 20.1. The Morgan fingerprint density at radius 3 is 1.53 bits per heavy atom. The van der Waals surface area contributed by atoms with Gasteiger partial charge >= 0.3 is 0 Å². The average molecular weight is 750 g/mol. The second-order valence-corrected chi connectivity index (χ2v) is 15.4. The highest BCUT2D eigenvalue weighted by Gasteiger charge is 2.15. The lowest BCUT2D eigenvalue weighted by molar-refractivity contribution is 1.18. The summed E-state index contributed by atoms with van der Waals surface area (Å²) in [6.07, 6.45) is 1.92. The molecule has 0 bridgehead atoms. The molecule has 3 heteroatoms. The van der Waals surface area contributed by atoms with Crippen LogP contribution in [0.4, 0.5) is 0 Å². The van der Waals surface area contributed by atoms with Crippen LogP contribution in [0.5, 0.6) is 0 Å². The van der Waals surface area contributed by atoms with Crippen LogP contribution >= 0.6 is 0 Å². The molecule has 0 unspecified atom stereocenters. The van der Waals surface area contributed by atoms with E-state index in [9.17, 15) is 0 Å². The van der Waals surface area contributed by atoms with Gasteiger partial charge in [-0.25, -0.2) is 4.98 Å². The molecule has 0 radical (unpaired) electrons. The maximum absolute atomic E-state index is 5.24. The van der Waals surface area contributed by atoms with Crippen molar-refractivity contribution in [2.45, 2.75) is 0 Å². The van der Waals surface area contributed by atoms with Crippen LogP contribution in [0.1, 0.15) is 0 Å². The highest BCUT2D eigenvalue weighted by Crippen LogP contribution is 2.37. The molecule has 0 aliphatic carbocycles. The van der Waals surface area contributed by atoms with E-state index in [4.69, 9.17) is 9.97 Å². The van der Waals surface area contributed by atoms with Crippen molar-refractivity contribution in [3.05, 3.63) is 212 Å². The van der Waals surface area contributed by atoms with Gasteiger partial charge in [-0.05, 0) is 97.4 Å². The van der Waals surface area contributed by atoms with E-state index in [2.05, 4.69) is 211 Å². The van der Waals surface area contributed by atoms with Gasteiger partial charge in [-0.3, -0.25) is 4.98 Å². The van der Waals surface area contributed by atoms with Gasteiger partial charge in [-0.2, -0.15) is 0 Å². The first-order valence-corrected chi connectivity index (χ1v) is 20.1. The second kappa shape index (κ2) is 13.4. The SMILES string of the molecule is c1ccc(-n2c3ccccc3c3ccc(-c4ccc(-c5ccc6cc(-c7cccc(-c8cnc9c%10ccccc%10c%10ccccc%10c9n8)c7)ccc6c5)cc4)cc32)cc1. The number of hydrogen-bond acceptors (Lipinski definition) is 2. The van der Waals surface area contributed by atoms with E-state index in [0.29, 0.717) is 0 Å². The lowest BCUT2D eigenvalue weighted by Gasteiger charge is -2.11. The van der Waals surface area contributed by atoms with Crippen molar-refractivity contribution in [1.82, 2.24) is 14.5 Å². The maximum Gasteiger partial charge on any atom is 0.0979 e. The summed E-state index contributed by atoms with van der Waals surface area (Å²) < 4.78 is 2.38. The first kappa shape index (κ1) is 33.3. The fourth-order valence-electron chi connectivity index (χ4n) is 9.09. The van der Waals surface area contributed by atoms with Crippen LogP contribution in [0.2, 0.25) is 0 Å². The molecular formula is C56H35N3. The Morgan fingerprint density at radius 1 is 0.305 bits per heavy atom. The number of rotatable bonds is 5. The third kappa shape index (κ3) is 5.51. The molecule has 10 aromatic carbocycles. The monoisotopic (exact) mass is 749 g/mol. The summed E-state index contributed by atoms with van der Waals surface area (Å²) in [5.41, 5.74) is 14.5. The lowest BCUT2D eigenvalue weighted by Crippen LogP contribution is -1.93. The summed E-state index contributed by atoms with van der Waals surface area (Å²) in [6.45, 7) is 0. The summed E-state index contributed by atoms with van der Waals surface area (Å²) in [4.78, 5) is 10.2. The van der Waals surface area contributed by atoms with Crippen molar-refractivity contribution >= 4 is 65.2 Å². The smallest absolute Gasteiger partial charge is 0.0979 e. The number of hydrogen-bond donors (Lipinski definition) is 0. The zero-order chi connectivity index (χ0) is 38.9. The van der Waals surface area contributed by atoms with Crippen LogP contribution in [0.3, 0.4) is 0 Å². The van der Waals surface area contributed by atoms with E-state index in [-0.39, 0.29) is 0 Å². The van der Waals surface area contributed by atoms with Crippen LogP contribution in [0.25, 0.3) is 115 Å². The molecule has 0 atom stereocenters. The number of para-hydroxylation sites is 2. The zero-order valence-corrected chi connectivity index (χ0v) is 32.0. The van der Waals surface area contributed by atoms with Gasteiger partial charge in [0.1, 0.15) is 0 Å². The molecule has 3 nitrogen and oxygen atoms in total. The largest absolute Gasteiger partial charge is 0.309 e. The fourth-order valence-corrected chi connectivity index (χ4v) is 9.09. The van der Waals surface area contributed by atoms with Crippen LogP contribution in [-0.2, 0) is 0 Å². The second-order valence-electron chi connectivity index (χ2n) is 15.4. The molecule has 0 amide bonds. The van der Waals surface area contributed by atoms with Crippen LogP contribution in [0.15, 0.2) is 212 Å². The Hall–Kier alpha value is -7.88. The highest BCUT2D eigenvalue weighted by molar-refractivity contribution is 6.23. The van der Waals surface area contributed by atoms with Crippen molar-refractivity contribution in [1.29, 1.82) is 0 Å². The number of benzene rings is 10. The fraction of sp³-hybridized carbons (Fsp3) is 0. The number of aromatic nitrogens is 3. The van der Waals surface area contributed by atoms with E-state index < -0.39 is 0 Å². The summed E-state index contributed by atoms with van der Waals surface area (Å²) in [6, 6.07) is 74.4. The van der Waals surface area contributed by atoms with Gasteiger partial charge in [-0.15, -0.1) is 0 Å². The molecule has 2 aromatic heterocycles. The Balaban J connectivity index is 0.848. The van der Waals surface area contributed by atoms with E-state index in [1.807, 2.05) is 6.20 Å². The molecule has 0 fully saturated rings. The average Bonchev–Trinajstić information content (AvgIpc) is 3.65. The maximum atomic E-state index is 5.24. The summed E-state index contributed by atoms with van der Waals surface area (Å²) in [7, 11) is 0. The Kier molecular flexibility index (Phi) is 7.54. The molecule has 0 saturated carbocycles. The van der Waals surface area contributed by atoms with E-state index >= 15 is 0 Å². The van der Waals surface area contributed by atoms with Gasteiger partial charge in [0.25, 0.3) is 0 Å². The third-order valence-corrected chi connectivity index (χ3v) is 12.0. The molecule has 59 heavy (non-hydrogen) atoms. The minimum absolute atomic E-state index is 0.868. The van der Waals surface area contributed by atoms with Crippen LogP contribution in [0, 0.1) is 0 Å². The zero-order valence-electron chi connectivity index (χ0n) is 32.0. The Morgan fingerprint density at radius 2 is 0.814 bits per heavy atom. The quantitative estimate of drug-likeness (QED) is 0.164. The molecule has 2 heterocycles. The molecule has 0 aliphatic heterocycles. The first-order chi connectivity index (χ1) is 29.2. The van der Waals surface area contributed by atoms with E-state index in [0.717, 1.165) is 38.6 Å². The topological polar surface area (TPSA) is 30.7 Å². The van der Waals surface area contributed by atoms with Gasteiger partial charge in [0.15, 0.2) is 0 Å². The third-order valence-electron chi connectivity index (χ3n) is 12.0. The van der Waals surface area contributed by atoms with Gasteiger partial charge in [0.2, 0.25) is 0 Å². The van der Waals surface area contributed by atoms with Gasteiger partial charge < -0.3 is 4.57 Å². The Labute approximate surface area is 341 Å². The van der Waals surface area contributed by atoms with Crippen LogP contribution < -0.4 is 0 Å². The van der Waals surface area contributed by atoms with Gasteiger partial charge in [0, 0.05) is 32.8 Å². The predicted octanol–water partition coefficient (Wildman–Crippen LogP) is 14.9. The van der Waals surface area contributed by atoms with Crippen LogP contribution in [-0.4, -0.2) is 14.5 Å². The molecule has 0 spiro atoms. The highest BCUT2D eigenvalue weighted by atomic mass is 15.0. The Bertz CT molecular complexity index is 3570. The molecular weight excluding hydrogens is 715 g/mol. The van der Waals surface area contributed by atoms with Crippen molar-refractivity contribution in [3.8, 4) is 50.3 Å². The summed E-state index contributed by atoms with van der Waals surface area (Å²) >= 11 is 0. The number of fused-ring (bicyclic) bond motifs is 10. The normalized spacial score (nSPS) is 11.7. The predicted molar refractivity (Wildman–Crippen MR) is 248 cm³/mol. The standard InChI is InChI=1S/C56H35N3/c1-2-13-45(14-3-1)59-53-20-9-8-17-48(53)49-30-29-43(34-54(49)59)37-23-21-36(22-24-37)39-25-26-42-32-40(27-28-41(42)31-39)38-11-10-12-44(33-38)52-35-57-55-50-18-6-4-15-46(50)47-16-5-7-19-51(47)56(55)58-52/h1-35H. The van der Waals surface area contributed by atoms with E-state index in [1.54, 1.807) is 0 Å². The molecule has 12 rings (SSSR count). The van der Waals surface area contributed by atoms with Crippen molar-refractivity contribution in [2.24, 2.45) is 0 Å². The van der Waals surface area contributed by atoms with Crippen molar-refractivity contribution in [2.75, 3.05) is 0 Å². The minimum Gasteiger partial charge on any atom is -0.309 e.